The standard InChI is InChI=1S/C12H24O2Si/c1-4-7-9-13-12(15-11-6-3)14-10-8-5-2/h3,12H,4-5,7-11,15H2,1-2H3. The second-order valence-corrected chi connectivity index (χ2v) is 5.37. The Morgan fingerprint density at radius 2 is 1.67 bits per heavy atom. The van der Waals surface area contributed by atoms with Gasteiger partial charge in [-0.25, -0.2) is 0 Å². The van der Waals surface area contributed by atoms with Gasteiger partial charge in [-0.2, -0.15) is 0 Å². The highest BCUT2D eigenvalue weighted by atomic mass is 28.2. The van der Waals surface area contributed by atoms with Crippen molar-refractivity contribution < 1.29 is 9.47 Å². The number of rotatable bonds is 10. The van der Waals surface area contributed by atoms with Crippen LogP contribution in [0.2, 0.25) is 6.04 Å². The number of ether oxygens (including phenoxy) is 2. The highest BCUT2D eigenvalue weighted by Crippen LogP contribution is 2.00. The van der Waals surface area contributed by atoms with E-state index in [1.807, 2.05) is 0 Å². The fourth-order valence-electron chi connectivity index (χ4n) is 1.13. The number of hydrogen-bond acceptors (Lipinski definition) is 2. The molecule has 0 aliphatic carbocycles. The summed E-state index contributed by atoms with van der Waals surface area (Å²) in [5.74, 6) is 2.72. The molecule has 0 aliphatic rings. The second kappa shape index (κ2) is 11.8. The number of hydrogen-bond donors (Lipinski definition) is 0. The highest BCUT2D eigenvalue weighted by Gasteiger charge is 2.08. The van der Waals surface area contributed by atoms with Gasteiger partial charge >= 0.3 is 0 Å². The summed E-state index contributed by atoms with van der Waals surface area (Å²) >= 11 is 0. The lowest BCUT2D eigenvalue weighted by atomic mass is 10.4. The minimum atomic E-state index is -0.411. The summed E-state index contributed by atoms with van der Waals surface area (Å²) in [7, 11) is -0.411. The molecule has 0 heterocycles. The van der Waals surface area contributed by atoms with Gasteiger partial charge in [-0.05, 0) is 12.8 Å². The molecule has 0 unspecified atom stereocenters. The minimum Gasteiger partial charge on any atom is -0.357 e. The van der Waals surface area contributed by atoms with Crippen LogP contribution >= 0.6 is 0 Å². The Labute approximate surface area is 96.6 Å². The molecule has 0 saturated carbocycles. The third kappa shape index (κ3) is 9.99. The first-order valence-corrected chi connectivity index (χ1v) is 7.83. The topological polar surface area (TPSA) is 18.5 Å². The zero-order valence-electron chi connectivity index (χ0n) is 10.1. The molecule has 88 valence electrons. The maximum Gasteiger partial charge on any atom is 0.135 e. The first kappa shape index (κ1) is 14.7. The Balaban J connectivity index is 3.59. The van der Waals surface area contributed by atoms with Crippen LogP contribution in [0.4, 0.5) is 0 Å². The van der Waals surface area contributed by atoms with Gasteiger partial charge in [0.15, 0.2) is 0 Å². The van der Waals surface area contributed by atoms with Gasteiger partial charge in [-0.15, -0.1) is 12.3 Å². The third-order valence-corrected chi connectivity index (χ3v) is 3.65. The van der Waals surface area contributed by atoms with E-state index < -0.39 is 9.52 Å². The first-order valence-electron chi connectivity index (χ1n) is 6.01. The van der Waals surface area contributed by atoms with E-state index in [2.05, 4.69) is 19.8 Å². The fourth-order valence-corrected chi connectivity index (χ4v) is 2.20. The van der Waals surface area contributed by atoms with Crippen LogP contribution in [0.3, 0.4) is 0 Å². The summed E-state index contributed by atoms with van der Waals surface area (Å²) in [6.45, 7) is 5.94. The van der Waals surface area contributed by atoms with Crippen molar-refractivity contribution in [3.63, 3.8) is 0 Å². The molecule has 0 aliphatic heterocycles. The van der Waals surface area contributed by atoms with E-state index in [0.717, 1.165) is 32.1 Å². The predicted molar refractivity (Wildman–Crippen MR) is 67.7 cm³/mol. The van der Waals surface area contributed by atoms with Gasteiger partial charge < -0.3 is 9.47 Å². The van der Waals surface area contributed by atoms with Crippen molar-refractivity contribution in [1.82, 2.24) is 0 Å². The van der Waals surface area contributed by atoms with E-state index in [4.69, 9.17) is 15.9 Å². The van der Waals surface area contributed by atoms with Crippen LogP contribution in [-0.2, 0) is 9.47 Å². The van der Waals surface area contributed by atoms with Gasteiger partial charge in [-0.1, -0.05) is 26.7 Å². The summed E-state index contributed by atoms with van der Waals surface area (Å²) < 4.78 is 11.4. The molecule has 0 fully saturated rings. The Morgan fingerprint density at radius 3 is 2.07 bits per heavy atom. The largest absolute Gasteiger partial charge is 0.357 e. The molecule has 0 spiro atoms. The van der Waals surface area contributed by atoms with Crippen LogP contribution in [0.15, 0.2) is 0 Å². The average molecular weight is 228 g/mol. The molecule has 0 rings (SSSR count). The van der Waals surface area contributed by atoms with Crippen LogP contribution < -0.4 is 0 Å². The Hall–Kier alpha value is -0.303. The quantitative estimate of drug-likeness (QED) is 0.247. The molecule has 15 heavy (non-hydrogen) atoms. The summed E-state index contributed by atoms with van der Waals surface area (Å²) in [6, 6.07) is 0.864. The van der Waals surface area contributed by atoms with Crippen molar-refractivity contribution in [3.8, 4) is 12.3 Å². The maximum atomic E-state index is 5.68. The van der Waals surface area contributed by atoms with Crippen molar-refractivity contribution in [2.45, 2.75) is 51.5 Å². The zero-order valence-corrected chi connectivity index (χ0v) is 11.5. The lowest BCUT2D eigenvalue weighted by Crippen LogP contribution is -2.25. The predicted octanol–water partition coefficient (Wildman–Crippen LogP) is 2.12. The molecule has 0 radical (unpaired) electrons. The van der Waals surface area contributed by atoms with Crippen molar-refractivity contribution in [2.24, 2.45) is 0 Å². The normalized spacial score (nSPS) is 11.3. The Morgan fingerprint density at radius 1 is 1.13 bits per heavy atom. The molecule has 0 aromatic heterocycles. The van der Waals surface area contributed by atoms with E-state index >= 15 is 0 Å². The first-order chi connectivity index (χ1) is 7.35. The Kier molecular flexibility index (Phi) is 11.5. The molecule has 0 bridgehead atoms. The number of unbranched alkanes of at least 4 members (excludes halogenated alkanes) is 2. The van der Waals surface area contributed by atoms with Crippen LogP contribution in [-0.4, -0.2) is 28.6 Å². The monoisotopic (exact) mass is 228 g/mol. The Bertz CT molecular complexity index is 155. The van der Waals surface area contributed by atoms with Crippen LogP contribution in [0.25, 0.3) is 0 Å². The van der Waals surface area contributed by atoms with Crippen LogP contribution in [0, 0.1) is 12.3 Å². The van der Waals surface area contributed by atoms with Gasteiger partial charge in [0, 0.05) is 19.3 Å². The summed E-state index contributed by atoms with van der Waals surface area (Å²) in [5, 5.41) is 0. The van der Waals surface area contributed by atoms with Gasteiger partial charge in [0.1, 0.15) is 15.4 Å². The van der Waals surface area contributed by atoms with E-state index in [1.54, 1.807) is 0 Å². The second-order valence-electron chi connectivity index (χ2n) is 3.62. The summed E-state index contributed by atoms with van der Waals surface area (Å²) in [5.41, 5.74) is 0. The van der Waals surface area contributed by atoms with Crippen molar-refractivity contribution >= 4 is 9.52 Å². The van der Waals surface area contributed by atoms with E-state index in [-0.39, 0.29) is 5.91 Å². The number of terminal acetylenes is 1. The lowest BCUT2D eigenvalue weighted by Gasteiger charge is -2.17. The van der Waals surface area contributed by atoms with Crippen LogP contribution in [0.5, 0.6) is 0 Å². The molecule has 0 aromatic carbocycles. The molecule has 0 amide bonds. The van der Waals surface area contributed by atoms with Crippen molar-refractivity contribution in [2.75, 3.05) is 13.2 Å². The molecule has 0 atom stereocenters. The molecular weight excluding hydrogens is 204 g/mol. The maximum absolute atomic E-state index is 5.68. The SMILES string of the molecule is C#CC[SiH2]C(OCCCC)OCCCC. The summed E-state index contributed by atoms with van der Waals surface area (Å²) in [4.78, 5) is 0. The van der Waals surface area contributed by atoms with E-state index in [1.165, 1.54) is 12.8 Å². The lowest BCUT2D eigenvalue weighted by molar-refractivity contribution is -0.0918. The van der Waals surface area contributed by atoms with Gasteiger partial charge in [0.2, 0.25) is 0 Å². The summed E-state index contributed by atoms with van der Waals surface area (Å²) in [6.07, 6.45) is 9.81. The van der Waals surface area contributed by atoms with Crippen molar-refractivity contribution in [3.05, 3.63) is 0 Å². The highest BCUT2D eigenvalue weighted by molar-refractivity contribution is 6.37. The van der Waals surface area contributed by atoms with E-state index in [9.17, 15) is 0 Å². The molecule has 3 heteroatoms. The molecule has 0 saturated heterocycles. The average Bonchev–Trinajstić information content (AvgIpc) is 2.25. The van der Waals surface area contributed by atoms with Crippen LogP contribution in [0.1, 0.15) is 39.5 Å². The van der Waals surface area contributed by atoms with Gasteiger partial charge in [0.25, 0.3) is 0 Å². The molecule has 0 aromatic rings. The van der Waals surface area contributed by atoms with Gasteiger partial charge in [0.05, 0.1) is 0 Å². The van der Waals surface area contributed by atoms with Gasteiger partial charge in [-0.3, -0.25) is 0 Å². The third-order valence-electron chi connectivity index (χ3n) is 2.13. The molecule has 2 nitrogen and oxygen atoms in total. The molecule has 0 N–H and O–H groups in total. The fraction of sp³-hybridized carbons (Fsp3) is 0.833. The smallest absolute Gasteiger partial charge is 0.135 e. The van der Waals surface area contributed by atoms with Crippen molar-refractivity contribution in [1.29, 1.82) is 0 Å². The zero-order chi connectivity index (χ0) is 11.4. The minimum absolute atomic E-state index is 0.0409. The van der Waals surface area contributed by atoms with E-state index in [0.29, 0.717) is 0 Å². The molecular formula is C12H24O2Si.